The minimum absolute atomic E-state index is 0.176. The van der Waals surface area contributed by atoms with Gasteiger partial charge in [-0.2, -0.15) is 0 Å². The molecule has 1 aliphatic rings. The van der Waals surface area contributed by atoms with E-state index in [1.54, 1.807) is 50.6 Å². The molecule has 24 heavy (non-hydrogen) atoms. The predicted molar refractivity (Wildman–Crippen MR) is 93.7 cm³/mol. The summed E-state index contributed by atoms with van der Waals surface area (Å²) in [5, 5.41) is 0.801. The second-order valence-electron chi connectivity index (χ2n) is 5.14. The van der Waals surface area contributed by atoms with Gasteiger partial charge in [-0.3, -0.25) is 0 Å². The summed E-state index contributed by atoms with van der Waals surface area (Å²) in [4.78, 5) is 12.3. The van der Waals surface area contributed by atoms with E-state index in [0.29, 0.717) is 32.7 Å². The van der Waals surface area contributed by atoms with Gasteiger partial charge in [0.05, 0.1) is 29.8 Å². The van der Waals surface area contributed by atoms with Gasteiger partial charge in [-0.1, -0.05) is 35.3 Å². The number of esters is 1. The molecule has 3 rings (SSSR count). The fourth-order valence-corrected chi connectivity index (χ4v) is 2.91. The SMILES string of the molecule is COc1cc2c(cc1OC)/C(=C\c1cccc(Cl)c1Cl)C(=O)OC2. The third-order valence-corrected chi connectivity index (χ3v) is 4.59. The Labute approximate surface area is 149 Å². The number of fused-ring (bicyclic) bond motifs is 1. The van der Waals surface area contributed by atoms with Crippen molar-refractivity contribution in [3.05, 3.63) is 57.1 Å². The zero-order valence-electron chi connectivity index (χ0n) is 13.1. The van der Waals surface area contributed by atoms with Gasteiger partial charge in [-0.05, 0) is 35.4 Å². The quantitative estimate of drug-likeness (QED) is 0.589. The molecule has 6 heteroatoms. The van der Waals surface area contributed by atoms with E-state index in [9.17, 15) is 4.79 Å². The van der Waals surface area contributed by atoms with Crippen molar-refractivity contribution in [1.29, 1.82) is 0 Å². The number of rotatable bonds is 3. The predicted octanol–water partition coefficient (Wildman–Crippen LogP) is 4.61. The summed E-state index contributed by atoms with van der Waals surface area (Å²) in [6, 6.07) is 8.80. The van der Waals surface area contributed by atoms with Gasteiger partial charge in [0, 0.05) is 5.56 Å². The van der Waals surface area contributed by atoms with Crippen molar-refractivity contribution in [2.24, 2.45) is 0 Å². The minimum Gasteiger partial charge on any atom is -0.493 e. The molecule has 2 aromatic rings. The largest absolute Gasteiger partial charge is 0.493 e. The van der Waals surface area contributed by atoms with E-state index in [2.05, 4.69) is 0 Å². The Morgan fingerprint density at radius 3 is 2.54 bits per heavy atom. The van der Waals surface area contributed by atoms with Crippen LogP contribution in [-0.4, -0.2) is 20.2 Å². The van der Waals surface area contributed by atoms with Gasteiger partial charge in [0.2, 0.25) is 0 Å². The molecule has 2 aromatic carbocycles. The van der Waals surface area contributed by atoms with Gasteiger partial charge in [0.25, 0.3) is 0 Å². The summed E-state index contributed by atoms with van der Waals surface area (Å²) in [5.74, 6) is 0.689. The number of benzene rings is 2. The zero-order valence-corrected chi connectivity index (χ0v) is 14.6. The van der Waals surface area contributed by atoms with Crippen LogP contribution >= 0.6 is 23.2 Å². The van der Waals surface area contributed by atoms with Crippen molar-refractivity contribution in [2.45, 2.75) is 6.61 Å². The van der Waals surface area contributed by atoms with Crippen LogP contribution in [-0.2, 0) is 16.1 Å². The normalized spacial score (nSPS) is 15.0. The fourth-order valence-electron chi connectivity index (χ4n) is 2.55. The Hall–Kier alpha value is -2.17. The van der Waals surface area contributed by atoms with Gasteiger partial charge in [0.1, 0.15) is 6.61 Å². The van der Waals surface area contributed by atoms with Gasteiger partial charge >= 0.3 is 5.97 Å². The topological polar surface area (TPSA) is 44.8 Å². The van der Waals surface area contributed by atoms with Gasteiger partial charge in [-0.25, -0.2) is 4.79 Å². The van der Waals surface area contributed by atoms with E-state index in [4.69, 9.17) is 37.4 Å². The molecule has 0 amide bonds. The van der Waals surface area contributed by atoms with Crippen LogP contribution in [0.1, 0.15) is 16.7 Å². The molecule has 0 atom stereocenters. The molecule has 0 saturated carbocycles. The Kier molecular flexibility index (Phi) is 4.69. The van der Waals surface area contributed by atoms with Crippen LogP contribution in [0.5, 0.6) is 11.5 Å². The average Bonchev–Trinajstić information content (AvgIpc) is 2.60. The van der Waals surface area contributed by atoms with E-state index < -0.39 is 5.97 Å². The molecule has 4 nitrogen and oxygen atoms in total. The number of ether oxygens (including phenoxy) is 3. The molecule has 0 spiro atoms. The van der Waals surface area contributed by atoms with Gasteiger partial charge in [0.15, 0.2) is 11.5 Å². The molecular weight excluding hydrogens is 351 g/mol. The van der Waals surface area contributed by atoms with Gasteiger partial charge in [-0.15, -0.1) is 0 Å². The van der Waals surface area contributed by atoms with Crippen LogP contribution < -0.4 is 9.47 Å². The maximum absolute atomic E-state index is 12.3. The standard InChI is InChI=1S/C18H14Cl2O4/c1-22-15-7-11-9-24-18(21)13(12(11)8-16(15)23-2)6-10-4-3-5-14(19)17(10)20/h3-8H,9H2,1-2H3/b13-6+. The third-order valence-electron chi connectivity index (χ3n) is 3.76. The number of carbonyl (C=O) groups is 1. The van der Waals surface area contributed by atoms with E-state index in [-0.39, 0.29) is 6.61 Å². The number of hydrogen-bond donors (Lipinski definition) is 0. The smallest absolute Gasteiger partial charge is 0.339 e. The molecule has 0 unspecified atom stereocenters. The first-order valence-electron chi connectivity index (χ1n) is 7.13. The first kappa shape index (κ1) is 16.7. The second-order valence-corrected chi connectivity index (χ2v) is 5.93. The molecule has 0 fully saturated rings. The highest BCUT2D eigenvalue weighted by Gasteiger charge is 2.25. The third kappa shape index (κ3) is 2.95. The van der Waals surface area contributed by atoms with Crippen LogP contribution in [0.15, 0.2) is 30.3 Å². The van der Waals surface area contributed by atoms with Crippen molar-refractivity contribution < 1.29 is 19.0 Å². The van der Waals surface area contributed by atoms with Crippen molar-refractivity contribution >= 4 is 40.8 Å². The van der Waals surface area contributed by atoms with E-state index in [1.165, 1.54) is 0 Å². The highest BCUT2D eigenvalue weighted by atomic mass is 35.5. The van der Waals surface area contributed by atoms with Crippen molar-refractivity contribution in [3.8, 4) is 11.5 Å². The van der Waals surface area contributed by atoms with E-state index in [1.807, 2.05) is 0 Å². The number of hydrogen-bond acceptors (Lipinski definition) is 4. The van der Waals surface area contributed by atoms with Crippen LogP contribution in [0.2, 0.25) is 10.0 Å². The molecule has 0 aliphatic carbocycles. The molecule has 0 saturated heterocycles. The lowest BCUT2D eigenvalue weighted by Crippen LogP contribution is -2.15. The molecule has 0 aromatic heterocycles. The summed E-state index contributed by atoms with van der Waals surface area (Å²) in [6.45, 7) is 0.176. The summed E-state index contributed by atoms with van der Waals surface area (Å²) in [6.07, 6.45) is 1.67. The van der Waals surface area contributed by atoms with Crippen molar-refractivity contribution in [1.82, 2.24) is 0 Å². The number of methoxy groups -OCH3 is 2. The highest BCUT2D eigenvalue weighted by molar-refractivity contribution is 6.43. The molecule has 124 valence electrons. The Morgan fingerprint density at radius 2 is 1.83 bits per heavy atom. The lowest BCUT2D eigenvalue weighted by molar-refractivity contribution is -0.138. The lowest BCUT2D eigenvalue weighted by Gasteiger charge is -2.21. The summed E-state index contributed by atoms with van der Waals surface area (Å²) >= 11 is 12.3. The Balaban J connectivity index is 2.18. The zero-order chi connectivity index (χ0) is 17.3. The summed E-state index contributed by atoms with van der Waals surface area (Å²) < 4.78 is 15.9. The number of carbonyl (C=O) groups excluding carboxylic acids is 1. The van der Waals surface area contributed by atoms with Crippen LogP contribution in [0.25, 0.3) is 11.6 Å². The minimum atomic E-state index is -0.425. The Morgan fingerprint density at radius 1 is 1.12 bits per heavy atom. The maximum atomic E-state index is 12.3. The maximum Gasteiger partial charge on any atom is 0.339 e. The molecule has 0 radical (unpaired) electrons. The monoisotopic (exact) mass is 364 g/mol. The van der Waals surface area contributed by atoms with Crippen LogP contribution in [0.3, 0.4) is 0 Å². The Bertz CT molecular complexity index is 843. The van der Waals surface area contributed by atoms with E-state index >= 15 is 0 Å². The fraction of sp³-hybridized carbons (Fsp3) is 0.167. The number of halogens is 2. The molecule has 0 N–H and O–H groups in total. The van der Waals surface area contributed by atoms with Crippen LogP contribution in [0.4, 0.5) is 0 Å². The highest BCUT2D eigenvalue weighted by Crippen LogP contribution is 2.38. The van der Waals surface area contributed by atoms with Crippen molar-refractivity contribution in [2.75, 3.05) is 14.2 Å². The summed E-state index contributed by atoms with van der Waals surface area (Å²) in [7, 11) is 3.10. The average molecular weight is 365 g/mol. The molecule has 1 aliphatic heterocycles. The first-order chi connectivity index (χ1) is 11.5. The molecule has 0 bridgehead atoms. The van der Waals surface area contributed by atoms with E-state index in [0.717, 1.165) is 11.1 Å². The second kappa shape index (κ2) is 6.75. The lowest BCUT2D eigenvalue weighted by atomic mass is 9.95. The molecular formula is C18H14Cl2O4. The number of cyclic esters (lactones) is 1. The van der Waals surface area contributed by atoms with Crippen molar-refractivity contribution in [3.63, 3.8) is 0 Å². The summed E-state index contributed by atoms with van der Waals surface area (Å²) in [5.41, 5.74) is 2.58. The molecule has 1 heterocycles. The first-order valence-corrected chi connectivity index (χ1v) is 7.89. The van der Waals surface area contributed by atoms with Gasteiger partial charge < -0.3 is 14.2 Å². The van der Waals surface area contributed by atoms with Crippen LogP contribution in [0, 0.1) is 0 Å².